The number of aliphatic hydroxyl groups excluding tert-OH is 1. The number of aliphatic hydroxyl groups is 1. The van der Waals surface area contributed by atoms with E-state index in [1.54, 1.807) is 12.2 Å². The van der Waals surface area contributed by atoms with E-state index in [2.05, 4.69) is 86.8 Å². The predicted octanol–water partition coefficient (Wildman–Crippen LogP) is 11.5. The minimum Gasteiger partial charge on any atom is -0.756 e. The van der Waals surface area contributed by atoms with E-state index in [0.29, 0.717) is 30.3 Å². The monoisotopic (exact) mass is 872 g/mol. The van der Waals surface area contributed by atoms with Gasteiger partial charge in [-0.05, 0) is 83.5 Å². The molecule has 0 rings (SSSR count). The van der Waals surface area contributed by atoms with Gasteiger partial charge in [-0.15, -0.1) is 0 Å². The van der Waals surface area contributed by atoms with Crippen molar-refractivity contribution in [3.63, 3.8) is 0 Å². The molecule has 346 valence electrons. The Labute approximate surface area is 370 Å². The quantitative estimate of drug-likeness (QED) is 0.0160. The number of carbonyl (C=O) groups is 2. The van der Waals surface area contributed by atoms with Crippen molar-refractivity contribution < 1.29 is 47.2 Å². The highest BCUT2D eigenvalue weighted by atomic mass is 31.2. The van der Waals surface area contributed by atoms with Gasteiger partial charge in [-0.1, -0.05) is 149 Å². The summed E-state index contributed by atoms with van der Waals surface area (Å²) in [6.07, 6.45) is 51.6. The highest BCUT2D eigenvalue weighted by Crippen LogP contribution is 2.38. The first-order chi connectivity index (χ1) is 29.4. The van der Waals surface area contributed by atoms with Crippen LogP contribution in [-0.4, -0.2) is 81.2 Å². The van der Waals surface area contributed by atoms with Crippen LogP contribution in [0.4, 0.5) is 0 Å². The number of quaternary nitrogens is 1. The number of likely N-dealkylation sites (N-methyl/N-ethyl adjacent to an activating group) is 1. The topological polar surface area (TPSA) is 131 Å². The number of esters is 2. The lowest BCUT2D eigenvalue weighted by atomic mass is 10.1. The SMILES string of the molecule is CCCCC/C=C\C/C=C\C/C=C\C=C\[C@H](O)CCCC(=O)O[C@H](COC(=O)CC/C=C\C/C=C\C/C=C\C/C=C\C/C=C\CCCCC)COP(=O)([O-])OCC[N+](C)(C)C. The second-order valence-electron chi connectivity index (χ2n) is 15.9. The summed E-state index contributed by atoms with van der Waals surface area (Å²) < 4.78 is 33.6. The van der Waals surface area contributed by atoms with Gasteiger partial charge in [0.05, 0.1) is 33.9 Å². The molecular formula is C50H82NO9P. The van der Waals surface area contributed by atoms with Crippen LogP contribution in [-0.2, 0) is 32.7 Å². The number of rotatable bonds is 39. The summed E-state index contributed by atoms with van der Waals surface area (Å²) in [6, 6.07) is 0. The van der Waals surface area contributed by atoms with Crippen molar-refractivity contribution in [2.45, 2.75) is 148 Å². The Hall–Kier alpha value is -3.37. The van der Waals surface area contributed by atoms with Gasteiger partial charge in [0, 0.05) is 12.8 Å². The van der Waals surface area contributed by atoms with Crippen LogP contribution in [0, 0.1) is 0 Å². The van der Waals surface area contributed by atoms with Gasteiger partial charge in [0.15, 0.2) is 6.10 Å². The van der Waals surface area contributed by atoms with Crippen LogP contribution in [0.25, 0.3) is 0 Å². The summed E-state index contributed by atoms with van der Waals surface area (Å²) in [6.45, 7) is 3.83. The molecule has 0 aliphatic heterocycles. The number of nitrogens with zero attached hydrogens (tertiary/aromatic N) is 1. The Kier molecular flexibility index (Phi) is 38.4. The fourth-order valence-electron chi connectivity index (χ4n) is 5.27. The molecule has 0 saturated carbocycles. The van der Waals surface area contributed by atoms with Crippen molar-refractivity contribution in [2.75, 3.05) is 47.5 Å². The molecule has 0 aromatic rings. The van der Waals surface area contributed by atoms with Crippen molar-refractivity contribution in [3.8, 4) is 0 Å². The molecule has 0 saturated heterocycles. The molecule has 0 radical (unpaired) electrons. The van der Waals surface area contributed by atoms with Crippen LogP contribution in [0.1, 0.15) is 136 Å². The number of hydrogen-bond donors (Lipinski definition) is 1. The molecule has 61 heavy (non-hydrogen) atoms. The number of ether oxygens (including phenoxy) is 2. The largest absolute Gasteiger partial charge is 0.756 e. The molecule has 0 aromatic carbocycles. The molecule has 11 heteroatoms. The van der Waals surface area contributed by atoms with Gasteiger partial charge in [0.1, 0.15) is 19.8 Å². The fraction of sp³-hybridized carbons (Fsp3) is 0.600. The second-order valence-corrected chi connectivity index (χ2v) is 17.3. The zero-order valence-corrected chi connectivity index (χ0v) is 39.3. The van der Waals surface area contributed by atoms with Crippen molar-refractivity contribution in [1.29, 1.82) is 0 Å². The van der Waals surface area contributed by atoms with Crippen LogP contribution >= 0.6 is 7.82 Å². The van der Waals surface area contributed by atoms with Crippen LogP contribution in [0.15, 0.2) is 109 Å². The molecule has 0 aromatic heterocycles. The summed E-state index contributed by atoms with van der Waals surface area (Å²) in [5.74, 6) is -1.15. The number of phosphoric ester groups is 1. The number of hydrogen-bond acceptors (Lipinski definition) is 9. The highest BCUT2D eigenvalue weighted by molar-refractivity contribution is 7.45. The maximum Gasteiger partial charge on any atom is 0.306 e. The number of unbranched alkanes of at least 4 members (excludes halogenated alkanes) is 6. The maximum atomic E-state index is 12.7. The van der Waals surface area contributed by atoms with Gasteiger partial charge < -0.3 is 33.0 Å². The molecule has 3 atom stereocenters. The third-order valence-corrected chi connectivity index (χ3v) is 9.85. The van der Waals surface area contributed by atoms with E-state index in [1.807, 2.05) is 45.4 Å². The van der Waals surface area contributed by atoms with E-state index in [0.717, 1.165) is 44.9 Å². The number of carbonyl (C=O) groups excluding carboxylic acids is 2. The Morgan fingerprint density at radius 1 is 0.607 bits per heavy atom. The fourth-order valence-corrected chi connectivity index (χ4v) is 6.00. The molecule has 0 bridgehead atoms. The standard InChI is InChI=1S/C50H82NO9P/c1-6-8-10-12-14-16-18-20-21-22-23-24-25-27-29-31-33-35-37-41-49(53)57-45-48(46-59-61(55,56)58-44-43-51(3,4)5)60-50(54)42-38-40-47(52)39-36-34-32-30-28-26-19-17-15-13-11-9-7-2/h14-17,20-21,23-24,26-29,32-36,39,47-48,52H,6-13,18-19,22,25,30-31,37-38,40-46H2,1-5H3/b16-14-,17-15-,21-20-,24-23-,28-26-,29-27-,34-32-,35-33-,39-36+/t47-,48+/m0/s1. The van der Waals surface area contributed by atoms with E-state index < -0.39 is 38.6 Å². The summed E-state index contributed by atoms with van der Waals surface area (Å²) in [4.78, 5) is 37.6. The molecule has 0 aliphatic rings. The van der Waals surface area contributed by atoms with Gasteiger partial charge >= 0.3 is 11.9 Å². The van der Waals surface area contributed by atoms with Crippen LogP contribution in [0.3, 0.4) is 0 Å². The number of phosphoric acid groups is 1. The summed E-state index contributed by atoms with van der Waals surface area (Å²) in [7, 11) is 0.990. The molecular weight excluding hydrogens is 790 g/mol. The summed E-state index contributed by atoms with van der Waals surface area (Å²) in [5, 5.41) is 10.3. The molecule has 1 unspecified atom stereocenters. The average Bonchev–Trinajstić information content (AvgIpc) is 3.21. The van der Waals surface area contributed by atoms with Crippen LogP contribution < -0.4 is 4.89 Å². The van der Waals surface area contributed by atoms with Crippen molar-refractivity contribution in [2.24, 2.45) is 0 Å². The first-order valence-corrected chi connectivity index (χ1v) is 24.2. The first kappa shape index (κ1) is 57.6. The third-order valence-electron chi connectivity index (χ3n) is 8.88. The van der Waals surface area contributed by atoms with E-state index >= 15 is 0 Å². The van der Waals surface area contributed by atoms with Gasteiger partial charge in [0.25, 0.3) is 7.82 Å². The normalized spacial score (nSPS) is 15.1. The molecule has 0 spiro atoms. The van der Waals surface area contributed by atoms with E-state index in [9.17, 15) is 24.2 Å². The maximum absolute atomic E-state index is 12.7. The Bertz CT molecular complexity index is 1420. The van der Waals surface area contributed by atoms with Gasteiger partial charge in [-0.25, -0.2) is 0 Å². The third kappa shape index (κ3) is 44.5. The predicted molar refractivity (Wildman–Crippen MR) is 251 cm³/mol. The lowest BCUT2D eigenvalue weighted by molar-refractivity contribution is -0.870. The van der Waals surface area contributed by atoms with E-state index in [-0.39, 0.29) is 26.1 Å². The van der Waals surface area contributed by atoms with Gasteiger partial charge in [-0.2, -0.15) is 0 Å². The van der Waals surface area contributed by atoms with Crippen LogP contribution in [0.2, 0.25) is 0 Å². The molecule has 0 heterocycles. The second kappa shape index (κ2) is 40.7. The van der Waals surface area contributed by atoms with Crippen molar-refractivity contribution in [3.05, 3.63) is 109 Å². The van der Waals surface area contributed by atoms with Gasteiger partial charge in [0.2, 0.25) is 0 Å². The van der Waals surface area contributed by atoms with Gasteiger partial charge in [-0.3, -0.25) is 14.2 Å². The Morgan fingerprint density at radius 3 is 1.61 bits per heavy atom. The van der Waals surface area contributed by atoms with E-state index in [4.69, 9.17) is 18.5 Å². The lowest BCUT2D eigenvalue weighted by Crippen LogP contribution is -2.37. The zero-order valence-electron chi connectivity index (χ0n) is 38.4. The minimum atomic E-state index is -4.70. The smallest absolute Gasteiger partial charge is 0.306 e. The summed E-state index contributed by atoms with van der Waals surface area (Å²) in [5.41, 5.74) is 0. The first-order valence-electron chi connectivity index (χ1n) is 22.7. The zero-order chi connectivity index (χ0) is 45.1. The minimum absolute atomic E-state index is 0.0255. The Morgan fingerprint density at radius 2 is 1.10 bits per heavy atom. The molecule has 0 fully saturated rings. The van der Waals surface area contributed by atoms with Crippen molar-refractivity contribution in [1.82, 2.24) is 0 Å². The molecule has 1 N–H and O–H groups in total. The molecule has 0 aliphatic carbocycles. The molecule has 0 amide bonds. The Balaban J connectivity index is 4.68. The van der Waals surface area contributed by atoms with E-state index in [1.165, 1.54) is 44.9 Å². The van der Waals surface area contributed by atoms with Crippen molar-refractivity contribution >= 4 is 19.8 Å². The summed E-state index contributed by atoms with van der Waals surface area (Å²) >= 11 is 0. The molecule has 10 nitrogen and oxygen atoms in total. The highest BCUT2D eigenvalue weighted by Gasteiger charge is 2.21. The lowest BCUT2D eigenvalue weighted by Gasteiger charge is -2.28. The number of allylic oxidation sites excluding steroid dienone is 17. The van der Waals surface area contributed by atoms with Crippen LogP contribution in [0.5, 0.6) is 0 Å². The average molecular weight is 872 g/mol.